The third-order valence-corrected chi connectivity index (χ3v) is 3.31. The van der Waals surface area contributed by atoms with Crippen LogP contribution in [0.2, 0.25) is 0 Å². The zero-order chi connectivity index (χ0) is 14.3. The largest absolute Gasteiger partial charge is 0.394 e. The molecule has 3 atom stereocenters. The number of fused-ring (bicyclic) bond motifs is 1. The van der Waals surface area contributed by atoms with Gasteiger partial charge in [0.15, 0.2) is 22.8 Å². The maximum atomic E-state index is 9.82. The number of hydrogen-bond donors (Lipinski definition) is 3. The second kappa shape index (κ2) is 4.72. The fourth-order valence-corrected chi connectivity index (χ4v) is 2.34. The number of nitrogens with two attached hydrogens (primary N) is 1. The van der Waals surface area contributed by atoms with E-state index in [1.165, 1.54) is 6.33 Å². The maximum absolute atomic E-state index is 9.82. The summed E-state index contributed by atoms with van der Waals surface area (Å²) in [6, 6.07) is 0. The van der Waals surface area contributed by atoms with Gasteiger partial charge in [-0.3, -0.25) is 4.57 Å². The number of aromatic nitrogens is 4. The van der Waals surface area contributed by atoms with Crippen molar-refractivity contribution in [2.45, 2.75) is 24.9 Å². The molecule has 1 aliphatic rings. The highest BCUT2D eigenvalue weighted by Gasteiger charge is 2.36. The van der Waals surface area contributed by atoms with E-state index in [4.69, 9.17) is 22.0 Å². The third kappa shape index (κ3) is 1.80. The summed E-state index contributed by atoms with van der Waals surface area (Å²) in [5.41, 5.74) is 6.59. The van der Waals surface area contributed by atoms with Gasteiger partial charge in [-0.25, -0.2) is 15.0 Å². The Morgan fingerprint density at radius 1 is 1.55 bits per heavy atom. The summed E-state index contributed by atoms with van der Waals surface area (Å²) in [6.45, 7) is -0.271. The van der Waals surface area contributed by atoms with E-state index in [9.17, 15) is 5.11 Å². The molecule has 0 radical (unpaired) electrons. The minimum absolute atomic E-state index is 0.225. The van der Waals surface area contributed by atoms with E-state index >= 15 is 0 Å². The van der Waals surface area contributed by atoms with Crippen molar-refractivity contribution < 1.29 is 14.9 Å². The van der Waals surface area contributed by atoms with Crippen molar-refractivity contribution in [3.63, 3.8) is 0 Å². The Balaban J connectivity index is 2.12. The van der Waals surface area contributed by atoms with Crippen LogP contribution in [-0.4, -0.2) is 48.5 Å². The van der Waals surface area contributed by atoms with Crippen molar-refractivity contribution in [3.8, 4) is 12.3 Å². The van der Waals surface area contributed by atoms with Crippen molar-refractivity contribution in [1.29, 1.82) is 0 Å². The number of nitrogen functional groups attached to an aromatic ring is 1. The monoisotopic (exact) mass is 275 g/mol. The van der Waals surface area contributed by atoms with Crippen LogP contribution < -0.4 is 5.73 Å². The van der Waals surface area contributed by atoms with Gasteiger partial charge in [-0.1, -0.05) is 0 Å². The lowest BCUT2D eigenvalue weighted by Crippen LogP contribution is -2.24. The molecule has 0 spiro atoms. The normalized spacial score (nSPS) is 25.9. The lowest BCUT2D eigenvalue weighted by molar-refractivity contribution is -0.0434. The molecule has 0 bridgehead atoms. The smallest absolute Gasteiger partial charge is 0.189 e. The number of rotatable bonds is 2. The van der Waals surface area contributed by atoms with Gasteiger partial charge < -0.3 is 20.7 Å². The van der Waals surface area contributed by atoms with Crippen molar-refractivity contribution >= 4 is 17.0 Å². The van der Waals surface area contributed by atoms with Gasteiger partial charge >= 0.3 is 0 Å². The van der Waals surface area contributed by atoms with Gasteiger partial charge in [0, 0.05) is 6.42 Å². The molecule has 0 aromatic carbocycles. The first-order valence-corrected chi connectivity index (χ1v) is 6.05. The Morgan fingerprint density at radius 2 is 2.35 bits per heavy atom. The van der Waals surface area contributed by atoms with E-state index in [1.54, 1.807) is 4.57 Å². The second-order valence-corrected chi connectivity index (χ2v) is 4.50. The van der Waals surface area contributed by atoms with E-state index in [0.717, 1.165) is 0 Å². The van der Waals surface area contributed by atoms with Gasteiger partial charge in [0.25, 0.3) is 0 Å². The summed E-state index contributed by atoms with van der Waals surface area (Å²) in [6.07, 6.45) is 5.07. The molecule has 20 heavy (non-hydrogen) atoms. The fraction of sp³-hybridized carbons (Fsp3) is 0.417. The van der Waals surface area contributed by atoms with Crippen LogP contribution in [0.15, 0.2) is 6.33 Å². The molecule has 3 rings (SSSR count). The van der Waals surface area contributed by atoms with Gasteiger partial charge in [-0.2, -0.15) is 0 Å². The highest BCUT2D eigenvalue weighted by atomic mass is 16.5. The molecule has 1 saturated heterocycles. The molecular formula is C12H13N5O3. The molecule has 1 aliphatic heterocycles. The van der Waals surface area contributed by atoms with Crippen LogP contribution in [0.4, 0.5) is 5.82 Å². The van der Waals surface area contributed by atoms with E-state index < -0.39 is 18.4 Å². The number of anilines is 1. The minimum Gasteiger partial charge on any atom is -0.394 e. The third-order valence-electron chi connectivity index (χ3n) is 3.31. The van der Waals surface area contributed by atoms with Crippen molar-refractivity contribution in [1.82, 2.24) is 19.5 Å². The number of imidazole rings is 1. The maximum Gasteiger partial charge on any atom is 0.189 e. The van der Waals surface area contributed by atoms with E-state index in [2.05, 4.69) is 20.9 Å². The summed E-state index contributed by atoms with van der Waals surface area (Å²) >= 11 is 0. The number of nitrogens with zero attached hydrogens (tertiary/aromatic N) is 4. The molecule has 1 fully saturated rings. The zero-order valence-corrected chi connectivity index (χ0v) is 10.5. The number of terminal acetylenes is 1. The van der Waals surface area contributed by atoms with E-state index in [1.807, 2.05) is 0 Å². The van der Waals surface area contributed by atoms with Gasteiger partial charge in [0.1, 0.15) is 18.7 Å². The average molecular weight is 275 g/mol. The van der Waals surface area contributed by atoms with Gasteiger partial charge in [0.05, 0.1) is 12.7 Å². The van der Waals surface area contributed by atoms with Crippen LogP contribution in [-0.2, 0) is 4.74 Å². The molecule has 104 valence electrons. The molecule has 2 aromatic heterocycles. The standard InChI is InChI=1S/C12H13N5O3/c1-2-8-16-10-11(13)14-5-15-12(10)17(8)9-3-6(19)7(4-18)20-9/h1,5-7,9,18-19H,3-4H2,(H2,13,14,15)/t6-,7+,9+/m0/s1. The van der Waals surface area contributed by atoms with Crippen LogP contribution in [0.3, 0.4) is 0 Å². The summed E-state index contributed by atoms with van der Waals surface area (Å²) in [5.74, 6) is 2.96. The molecule has 0 aliphatic carbocycles. The van der Waals surface area contributed by atoms with Gasteiger partial charge in [0.2, 0.25) is 0 Å². The predicted octanol–water partition coefficient (Wildman–Crippen LogP) is -0.970. The topological polar surface area (TPSA) is 119 Å². The van der Waals surface area contributed by atoms with Crippen molar-refractivity contribution in [3.05, 3.63) is 12.2 Å². The Morgan fingerprint density at radius 3 is 3.00 bits per heavy atom. The fourth-order valence-electron chi connectivity index (χ4n) is 2.34. The average Bonchev–Trinajstić information content (AvgIpc) is 2.99. The molecule has 3 heterocycles. The summed E-state index contributed by atoms with van der Waals surface area (Å²) in [7, 11) is 0. The lowest BCUT2D eigenvalue weighted by Gasteiger charge is -2.14. The Hall–Kier alpha value is -2.21. The van der Waals surface area contributed by atoms with Crippen LogP contribution in [0.25, 0.3) is 11.2 Å². The molecule has 8 nitrogen and oxygen atoms in total. The van der Waals surface area contributed by atoms with Crippen LogP contribution in [0, 0.1) is 12.3 Å². The first-order valence-electron chi connectivity index (χ1n) is 6.05. The van der Waals surface area contributed by atoms with Gasteiger partial charge in [-0.05, 0) is 5.92 Å². The molecule has 0 amide bonds. The highest BCUT2D eigenvalue weighted by Crippen LogP contribution is 2.32. The predicted molar refractivity (Wildman–Crippen MR) is 69.3 cm³/mol. The Labute approximate surface area is 114 Å². The summed E-state index contributed by atoms with van der Waals surface area (Å²) < 4.78 is 7.17. The van der Waals surface area contributed by atoms with E-state index in [0.29, 0.717) is 17.0 Å². The quantitative estimate of drug-likeness (QED) is 0.603. The number of aliphatic hydroxyl groups is 2. The molecule has 0 saturated carbocycles. The summed E-state index contributed by atoms with van der Waals surface area (Å²) in [4.78, 5) is 12.2. The first-order chi connectivity index (χ1) is 9.65. The highest BCUT2D eigenvalue weighted by molar-refractivity contribution is 5.82. The number of ether oxygens (including phenoxy) is 1. The lowest BCUT2D eigenvalue weighted by atomic mass is 10.2. The van der Waals surface area contributed by atoms with Crippen molar-refractivity contribution in [2.75, 3.05) is 12.3 Å². The van der Waals surface area contributed by atoms with Crippen LogP contribution in [0.5, 0.6) is 0 Å². The van der Waals surface area contributed by atoms with Gasteiger partial charge in [-0.15, -0.1) is 6.42 Å². The molecule has 2 aromatic rings. The SMILES string of the molecule is C#Cc1nc2c(N)ncnc2n1[C@H]1C[C@H](O)[C@@H](CO)O1. The summed E-state index contributed by atoms with van der Waals surface area (Å²) in [5, 5.41) is 19.0. The number of aliphatic hydroxyl groups excluding tert-OH is 2. The van der Waals surface area contributed by atoms with Crippen LogP contribution in [0.1, 0.15) is 18.5 Å². The molecule has 4 N–H and O–H groups in total. The first kappa shape index (κ1) is 12.8. The molecular weight excluding hydrogens is 262 g/mol. The Bertz CT molecular complexity index is 692. The molecule has 8 heteroatoms. The molecule has 0 unspecified atom stereocenters. The van der Waals surface area contributed by atoms with Crippen molar-refractivity contribution in [2.24, 2.45) is 0 Å². The zero-order valence-electron chi connectivity index (χ0n) is 10.5. The van der Waals surface area contributed by atoms with E-state index in [-0.39, 0.29) is 18.8 Å². The Kier molecular flexibility index (Phi) is 3.02. The number of hydrogen-bond acceptors (Lipinski definition) is 7. The second-order valence-electron chi connectivity index (χ2n) is 4.50. The minimum atomic E-state index is -0.771. The van der Waals surface area contributed by atoms with Crippen LogP contribution >= 0.6 is 0 Å².